The van der Waals surface area contributed by atoms with Crippen LogP contribution in [-0.2, 0) is 14.3 Å². The molecule has 0 radical (unpaired) electrons. The average molecular weight is 365 g/mol. The van der Waals surface area contributed by atoms with Crippen molar-refractivity contribution < 1.29 is 43.7 Å². The number of hydrogen-bond donors (Lipinski definition) is 1. The Morgan fingerprint density at radius 1 is 1.00 bits per heavy atom. The first-order chi connectivity index (χ1) is 10.3. The van der Waals surface area contributed by atoms with Gasteiger partial charge in [-0.3, -0.25) is 8.98 Å². The van der Waals surface area contributed by atoms with E-state index in [1.54, 1.807) is 5.32 Å². The maximum absolute atomic E-state index is 11.9. The van der Waals surface area contributed by atoms with Gasteiger partial charge in [0, 0.05) is 5.56 Å². The molecule has 0 aliphatic carbocycles. The Morgan fingerprint density at radius 2 is 1.52 bits per heavy atom. The molecule has 0 fully saturated rings. The van der Waals surface area contributed by atoms with Gasteiger partial charge in [0.25, 0.3) is 16.0 Å². The van der Waals surface area contributed by atoms with Gasteiger partial charge in [0.05, 0.1) is 4.90 Å². The Labute approximate surface area is 126 Å². The van der Waals surface area contributed by atoms with E-state index >= 15 is 0 Å². The molecule has 0 aliphatic rings. The number of alkyl halides is 6. The van der Waals surface area contributed by atoms with Crippen LogP contribution in [0.3, 0.4) is 0 Å². The van der Waals surface area contributed by atoms with Gasteiger partial charge < -0.3 is 5.32 Å². The quantitative estimate of drug-likeness (QED) is 0.642. The van der Waals surface area contributed by atoms with E-state index in [1.807, 2.05) is 0 Å². The van der Waals surface area contributed by atoms with Crippen molar-refractivity contribution in [2.45, 2.75) is 17.2 Å². The topological polar surface area (TPSA) is 72.5 Å². The zero-order valence-corrected chi connectivity index (χ0v) is 11.8. The lowest BCUT2D eigenvalue weighted by molar-refractivity contribution is -0.152. The predicted octanol–water partition coefficient (Wildman–Crippen LogP) is 2.25. The molecule has 1 aromatic carbocycles. The molecule has 0 atom stereocenters. The van der Waals surface area contributed by atoms with Crippen LogP contribution in [-0.4, -0.2) is 39.8 Å². The molecule has 0 bridgehead atoms. The summed E-state index contributed by atoms with van der Waals surface area (Å²) in [4.78, 5) is 10.7. The molecule has 130 valence electrons. The molecule has 0 aromatic heterocycles. The third-order valence-electron chi connectivity index (χ3n) is 2.23. The highest BCUT2D eigenvalue weighted by Gasteiger charge is 2.31. The Hall–Kier alpha value is -1.82. The number of rotatable bonds is 5. The number of amides is 1. The largest absolute Gasteiger partial charge is 0.413 e. The van der Waals surface area contributed by atoms with Crippen LogP contribution in [0.4, 0.5) is 26.3 Å². The summed E-state index contributed by atoms with van der Waals surface area (Å²) < 4.78 is 98.2. The molecule has 1 rings (SSSR count). The first kappa shape index (κ1) is 19.2. The van der Waals surface area contributed by atoms with Crippen molar-refractivity contribution in [3.63, 3.8) is 0 Å². The number of nitrogens with one attached hydrogen (secondary N) is 1. The van der Waals surface area contributed by atoms with Crippen LogP contribution in [0.1, 0.15) is 10.4 Å². The SMILES string of the molecule is O=C(NCC(F)(F)F)c1ccc(S(=O)(=O)OCC(F)(F)F)cc1. The lowest BCUT2D eigenvalue weighted by Gasteiger charge is -2.10. The van der Waals surface area contributed by atoms with Crippen LogP contribution in [0, 0.1) is 0 Å². The van der Waals surface area contributed by atoms with E-state index in [2.05, 4.69) is 4.18 Å². The van der Waals surface area contributed by atoms with Crippen LogP contribution in [0.2, 0.25) is 0 Å². The second kappa shape index (κ2) is 6.74. The van der Waals surface area contributed by atoms with Crippen molar-refractivity contribution in [1.29, 1.82) is 0 Å². The van der Waals surface area contributed by atoms with E-state index in [0.717, 1.165) is 24.3 Å². The minimum Gasteiger partial charge on any atom is -0.343 e. The van der Waals surface area contributed by atoms with Gasteiger partial charge in [0.2, 0.25) is 0 Å². The van der Waals surface area contributed by atoms with Crippen molar-refractivity contribution in [1.82, 2.24) is 5.32 Å². The molecule has 0 heterocycles. The monoisotopic (exact) mass is 365 g/mol. The van der Waals surface area contributed by atoms with Crippen molar-refractivity contribution in [3.8, 4) is 0 Å². The summed E-state index contributed by atoms with van der Waals surface area (Å²) in [6.07, 6.45) is -9.48. The van der Waals surface area contributed by atoms with Crippen molar-refractivity contribution in [2.24, 2.45) is 0 Å². The number of hydrogen-bond acceptors (Lipinski definition) is 4. The van der Waals surface area contributed by atoms with Gasteiger partial charge in [-0.2, -0.15) is 34.8 Å². The summed E-state index contributed by atoms with van der Waals surface area (Å²) in [6, 6.07) is 3.17. The summed E-state index contributed by atoms with van der Waals surface area (Å²) in [7, 11) is -4.70. The van der Waals surface area contributed by atoms with Crippen LogP contribution in [0.25, 0.3) is 0 Å². The highest BCUT2D eigenvalue weighted by Crippen LogP contribution is 2.20. The lowest BCUT2D eigenvalue weighted by Crippen LogP contribution is -2.33. The number of carbonyl (C=O) groups excluding carboxylic acids is 1. The fourth-order valence-electron chi connectivity index (χ4n) is 1.27. The zero-order valence-electron chi connectivity index (χ0n) is 11.0. The highest BCUT2D eigenvalue weighted by atomic mass is 32.2. The van der Waals surface area contributed by atoms with Gasteiger partial charge in [-0.15, -0.1) is 0 Å². The third-order valence-corrected chi connectivity index (χ3v) is 3.51. The molecule has 1 amide bonds. The second-order valence-corrected chi connectivity index (χ2v) is 5.77. The molecule has 0 spiro atoms. The Balaban J connectivity index is 2.78. The van der Waals surface area contributed by atoms with Crippen LogP contribution in [0.5, 0.6) is 0 Å². The molecule has 5 nitrogen and oxygen atoms in total. The Kier molecular flexibility index (Phi) is 5.64. The summed E-state index contributed by atoms with van der Waals surface area (Å²) >= 11 is 0. The molecular weight excluding hydrogens is 356 g/mol. The van der Waals surface area contributed by atoms with Gasteiger partial charge in [0.15, 0.2) is 6.61 Å². The molecule has 0 aliphatic heterocycles. The van der Waals surface area contributed by atoms with E-state index in [9.17, 15) is 39.6 Å². The first-order valence-corrected chi connectivity index (χ1v) is 7.12. The smallest absolute Gasteiger partial charge is 0.343 e. The van der Waals surface area contributed by atoms with Gasteiger partial charge in [-0.25, -0.2) is 0 Å². The molecule has 1 aromatic rings. The molecular formula is C11H9F6NO4S. The summed E-state index contributed by atoms with van der Waals surface area (Å²) in [5.74, 6) is -1.12. The van der Waals surface area contributed by atoms with Gasteiger partial charge in [-0.05, 0) is 24.3 Å². The van der Waals surface area contributed by atoms with E-state index in [4.69, 9.17) is 0 Å². The fourth-order valence-corrected chi connectivity index (χ4v) is 2.16. The van der Waals surface area contributed by atoms with Crippen molar-refractivity contribution in [2.75, 3.05) is 13.2 Å². The van der Waals surface area contributed by atoms with Crippen molar-refractivity contribution in [3.05, 3.63) is 29.8 Å². The Bertz CT molecular complexity index is 651. The highest BCUT2D eigenvalue weighted by molar-refractivity contribution is 7.86. The average Bonchev–Trinajstić information content (AvgIpc) is 2.41. The maximum Gasteiger partial charge on any atom is 0.413 e. The number of halogens is 6. The standard InChI is InChI=1S/C11H9F6NO4S/c12-10(13,14)5-18-9(19)7-1-3-8(4-2-7)23(20,21)22-6-11(15,16)17/h1-4H,5-6H2,(H,18,19). The molecule has 12 heteroatoms. The minimum atomic E-state index is -4.86. The fraction of sp³-hybridized carbons (Fsp3) is 0.364. The zero-order chi connectivity index (χ0) is 17.9. The third kappa shape index (κ3) is 6.86. The van der Waals surface area contributed by atoms with Crippen LogP contribution in [0.15, 0.2) is 29.2 Å². The van der Waals surface area contributed by atoms with Gasteiger partial charge >= 0.3 is 12.4 Å². The minimum absolute atomic E-state index is 0.302. The van der Waals surface area contributed by atoms with Crippen LogP contribution >= 0.6 is 0 Å². The van der Waals surface area contributed by atoms with Crippen molar-refractivity contribution >= 4 is 16.0 Å². The van der Waals surface area contributed by atoms with E-state index in [1.165, 1.54) is 0 Å². The van der Waals surface area contributed by atoms with E-state index in [-0.39, 0.29) is 5.56 Å². The number of benzene rings is 1. The van der Waals surface area contributed by atoms with Crippen LogP contribution < -0.4 is 5.32 Å². The van der Waals surface area contributed by atoms with E-state index in [0.29, 0.717) is 0 Å². The summed E-state index contributed by atoms with van der Waals surface area (Å²) in [5.41, 5.74) is -0.302. The molecule has 0 saturated carbocycles. The molecule has 23 heavy (non-hydrogen) atoms. The van der Waals surface area contributed by atoms with Gasteiger partial charge in [-0.1, -0.05) is 0 Å². The van der Waals surface area contributed by atoms with E-state index < -0.39 is 46.4 Å². The number of carbonyl (C=O) groups is 1. The molecule has 0 unspecified atom stereocenters. The normalized spacial score (nSPS) is 13.0. The summed E-state index contributed by atoms with van der Waals surface area (Å²) in [6.45, 7) is -3.61. The lowest BCUT2D eigenvalue weighted by atomic mass is 10.2. The van der Waals surface area contributed by atoms with Gasteiger partial charge in [0.1, 0.15) is 6.54 Å². The molecule has 0 saturated heterocycles. The first-order valence-electron chi connectivity index (χ1n) is 5.71. The summed E-state index contributed by atoms with van der Waals surface area (Å²) in [5, 5.41) is 1.55. The Morgan fingerprint density at radius 3 is 1.96 bits per heavy atom. The maximum atomic E-state index is 11.9. The molecule has 1 N–H and O–H groups in total. The predicted molar refractivity (Wildman–Crippen MR) is 64.0 cm³/mol. The second-order valence-electron chi connectivity index (χ2n) is 4.15.